The number of benzene rings is 1. The predicted octanol–water partition coefficient (Wildman–Crippen LogP) is 5.04. The molecule has 0 amide bonds. The van der Waals surface area contributed by atoms with Crippen molar-refractivity contribution in [1.82, 2.24) is 5.32 Å². The van der Waals surface area contributed by atoms with Crippen molar-refractivity contribution in [3.8, 4) is 5.75 Å². The second-order valence-corrected chi connectivity index (χ2v) is 6.93. The molecule has 4 heteroatoms. The van der Waals surface area contributed by atoms with Gasteiger partial charge in [0.1, 0.15) is 12.4 Å². The second-order valence-electron chi connectivity index (χ2n) is 5.27. The minimum atomic E-state index is 0.432. The highest BCUT2D eigenvalue weighted by Gasteiger charge is 2.10. The average molecular weight is 324 g/mol. The molecule has 0 unspecified atom stereocenters. The number of thiophene rings is 1. The molecule has 0 saturated carbocycles. The Hall–Kier alpha value is -1.03. The molecule has 2 rings (SSSR count). The van der Waals surface area contributed by atoms with Gasteiger partial charge >= 0.3 is 0 Å². The Labute approximate surface area is 136 Å². The summed E-state index contributed by atoms with van der Waals surface area (Å²) in [6.45, 7) is 7.76. The Bertz CT molecular complexity index is 580. The molecule has 21 heavy (non-hydrogen) atoms. The Morgan fingerprint density at radius 1 is 1.19 bits per heavy atom. The van der Waals surface area contributed by atoms with Gasteiger partial charge in [-0.05, 0) is 24.6 Å². The molecule has 0 radical (unpaired) electrons. The van der Waals surface area contributed by atoms with E-state index in [9.17, 15) is 0 Å². The first-order chi connectivity index (χ1) is 10.1. The van der Waals surface area contributed by atoms with Crippen LogP contribution in [0.5, 0.6) is 5.75 Å². The molecule has 1 N–H and O–H groups in total. The number of para-hydroxylation sites is 1. The molecule has 2 nitrogen and oxygen atoms in total. The highest BCUT2D eigenvalue weighted by atomic mass is 35.5. The zero-order valence-electron chi connectivity index (χ0n) is 12.8. The Morgan fingerprint density at radius 2 is 1.95 bits per heavy atom. The third-order valence-electron chi connectivity index (χ3n) is 3.17. The number of hydrogen-bond donors (Lipinski definition) is 1. The van der Waals surface area contributed by atoms with Crippen molar-refractivity contribution in [1.29, 1.82) is 0 Å². The van der Waals surface area contributed by atoms with Gasteiger partial charge in [0, 0.05) is 27.9 Å². The number of nitrogens with one attached hydrogen (secondary N) is 1. The lowest BCUT2D eigenvalue weighted by Crippen LogP contribution is -2.22. The van der Waals surface area contributed by atoms with Crippen molar-refractivity contribution in [2.45, 2.75) is 46.4 Å². The van der Waals surface area contributed by atoms with Crippen LogP contribution in [0.25, 0.3) is 0 Å². The zero-order valence-corrected chi connectivity index (χ0v) is 14.4. The van der Waals surface area contributed by atoms with Crippen LogP contribution in [0.3, 0.4) is 0 Å². The van der Waals surface area contributed by atoms with E-state index in [0.29, 0.717) is 17.7 Å². The summed E-state index contributed by atoms with van der Waals surface area (Å²) < 4.78 is 5.98. The summed E-state index contributed by atoms with van der Waals surface area (Å²) in [4.78, 5) is 2.61. The molecule has 1 aromatic heterocycles. The van der Waals surface area contributed by atoms with Crippen LogP contribution in [0.2, 0.25) is 5.02 Å². The van der Waals surface area contributed by atoms with Crippen molar-refractivity contribution in [3.05, 3.63) is 50.7 Å². The zero-order chi connectivity index (χ0) is 15.2. The Kier molecular flexibility index (Phi) is 6.09. The fraction of sp³-hybridized carbons (Fsp3) is 0.412. The van der Waals surface area contributed by atoms with E-state index in [4.69, 9.17) is 16.3 Å². The summed E-state index contributed by atoms with van der Waals surface area (Å²) >= 11 is 8.09. The average Bonchev–Trinajstić information content (AvgIpc) is 2.92. The van der Waals surface area contributed by atoms with E-state index in [1.54, 1.807) is 11.3 Å². The lowest BCUT2D eigenvalue weighted by molar-refractivity contribution is 0.305. The Balaban J connectivity index is 2.07. The maximum absolute atomic E-state index is 6.29. The van der Waals surface area contributed by atoms with Crippen LogP contribution in [0.4, 0.5) is 0 Å². The van der Waals surface area contributed by atoms with E-state index < -0.39 is 0 Å². The largest absolute Gasteiger partial charge is 0.486 e. The summed E-state index contributed by atoms with van der Waals surface area (Å²) in [6.07, 6.45) is 1.07. The highest BCUT2D eigenvalue weighted by Crippen LogP contribution is 2.30. The molecule has 0 aliphatic heterocycles. The molecule has 1 aromatic carbocycles. The van der Waals surface area contributed by atoms with E-state index >= 15 is 0 Å². The first-order valence-corrected chi connectivity index (χ1v) is 8.50. The van der Waals surface area contributed by atoms with Crippen LogP contribution in [0.15, 0.2) is 30.3 Å². The van der Waals surface area contributed by atoms with Crippen LogP contribution in [-0.2, 0) is 19.6 Å². The molecule has 0 atom stereocenters. The summed E-state index contributed by atoms with van der Waals surface area (Å²) in [5.74, 6) is 0.791. The molecular weight excluding hydrogens is 302 g/mol. The fourth-order valence-electron chi connectivity index (χ4n) is 2.00. The topological polar surface area (TPSA) is 21.3 Å². The molecule has 0 saturated heterocycles. The van der Waals surface area contributed by atoms with Crippen molar-refractivity contribution in [3.63, 3.8) is 0 Å². The minimum absolute atomic E-state index is 0.432. The standard InChI is InChI=1S/C17H22ClNOS/c1-4-14-8-9-15(21-14)11-20-17-13(10-19-12(2)3)6-5-7-16(17)18/h5-9,12,19H,4,10-11H2,1-3H3. The molecular formula is C17H22ClNOS. The van der Waals surface area contributed by atoms with Crippen LogP contribution in [0, 0.1) is 0 Å². The number of halogens is 1. The first kappa shape index (κ1) is 16.3. The maximum Gasteiger partial charge on any atom is 0.142 e. The SMILES string of the molecule is CCc1ccc(COc2c(Cl)cccc2CNC(C)C)s1. The summed E-state index contributed by atoms with van der Waals surface area (Å²) in [6, 6.07) is 10.6. The number of rotatable bonds is 7. The Morgan fingerprint density at radius 3 is 2.62 bits per heavy atom. The fourth-order valence-corrected chi connectivity index (χ4v) is 3.12. The van der Waals surface area contributed by atoms with Crippen molar-refractivity contribution < 1.29 is 4.74 Å². The molecule has 0 spiro atoms. The second kappa shape index (κ2) is 7.83. The van der Waals surface area contributed by atoms with Crippen molar-refractivity contribution in [2.24, 2.45) is 0 Å². The van der Waals surface area contributed by atoms with E-state index in [1.165, 1.54) is 9.75 Å². The molecule has 0 aliphatic rings. The van der Waals surface area contributed by atoms with Crippen LogP contribution < -0.4 is 10.1 Å². The van der Waals surface area contributed by atoms with E-state index in [-0.39, 0.29) is 0 Å². The number of hydrogen-bond acceptors (Lipinski definition) is 3. The lowest BCUT2D eigenvalue weighted by atomic mass is 10.2. The summed E-state index contributed by atoms with van der Waals surface area (Å²) in [5, 5.41) is 4.08. The van der Waals surface area contributed by atoms with Crippen LogP contribution in [0.1, 0.15) is 36.1 Å². The molecule has 0 fully saturated rings. The van der Waals surface area contributed by atoms with E-state index in [2.05, 4.69) is 44.3 Å². The van der Waals surface area contributed by atoms with Gasteiger partial charge in [-0.15, -0.1) is 11.3 Å². The van der Waals surface area contributed by atoms with Gasteiger partial charge in [-0.2, -0.15) is 0 Å². The third kappa shape index (κ3) is 4.73. The summed E-state index contributed by atoms with van der Waals surface area (Å²) in [7, 11) is 0. The van der Waals surface area contributed by atoms with Gasteiger partial charge in [-0.1, -0.05) is 44.5 Å². The third-order valence-corrected chi connectivity index (χ3v) is 4.67. The summed E-state index contributed by atoms with van der Waals surface area (Å²) in [5.41, 5.74) is 1.10. The molecule has 1 heterocycles. The molecule has 0 bridgehead atoms. The van der Waals surface area contributed by atoms with Crippen LogP contribution >= 0.6 is 22.9 Å². The maximum atomic E-state index is 6.29. The quantitative estimate of drug-likeness (QED) is 0.770. The highest BCUT2D eigenvalue weighted by molar-refractivity contribution is 7.11. The van der Waals surface area contributed by atoms with Crippen molar-refractivity contribution >= 4 is 22.9 Å². The molecule has 2 aromatic rings. The van der Waals surface area contributed by atoms with Gasteiger partial charge in [0.2, 0.25) is 0 Å². The van der Waals surface area contributed by atoms with Crippen LogP contribution in [-0.4, -0.2) is 6.04 Å². The lowest BCUT2D eigenvalue weighted by Gasteiger charge is -2.14. The predicted molar refractivity (Wildman–Crippen MR) is 91.5 cm³/mol. The van der Waals surface area contributed by atoms with Crippen molar-refractivity contribution in [2.75, 3.05) is 0 Å². The van der Waals surface area contributed by atoms with Gasteiger partial charge < -0.3 is 10.1 Å². The van der Waals surface area contributed by atoms with Gasteiger partial charge in [0.05, 0.1) is 5.02 Å². The smallest absolute Gasteiger partial charge is 0.142 e. The normalized spacial score (nSPS) is 11.1. The minimum Gasteiger partial charge on any atom is -0.486 e. The number of ether oxygens (including phenoxy) is 1. The number of aryl methyl sites for hydroxylation is 1. The van der Waals surface area contributed by atoms with E-state index in [1.807, 2.05) is 12.1 Å². The molecule has 114 valence electrons. The monoisotopic (exact) mass is 323 g/mol. The molecule has 0 aliphatic carbocycles. The van der Waals surface area contributed by atoms with Gasteiger partial charge in [-0.25, -0.2) is 0 Å². The van der Waals surface area contributed by atoms with Gasteiger partial charge in [-0.3, -0.25) is 0 Å². The van der Waals surface area contributed by atoms with Gasteiger partial charge in [0.25, 0.3) is 0 Å². The first-order valence-electron chi connectivity index (χ1n) is 7.31. The van der Waals surface area contributed by atoms with E-state index in [0.717, 1.165) is 24.3 Å². The van der Waals surface area contributed by atoms with Gasteiger partial charge in [0.15, 0.2) is 0 Å².